The van der Waals surface area contributed by atoms with Gasteiger partial charge in [0.1, 0.15) is 6.10 Å². The number of rotatable bonds is 10. The predicted molar refractivity (Wildman–Crippen MR) is 125 cm³/mol. The van der Waals surface area contributed by atoms with E-state index in [0.717, 1.165) is 9.81 Å². The highest BCUT2D eigenvalue weighted by Crippen LogP contribution is 2.41. The molecule has 0 saturated carbocycles. The molecule has 27 heavy (non-hydrogen) atoms. The summed E-state index contributed by atoms with van der Waals surface area (Å²) in [5.74, 6) is -0.569. The maximum absolute atomic E-state index is 6.76. The van der Waals surface area contributed by atoms with E-state index in [1.165, 1.54) is 32.1 Å². The highest BCUT2D eigenvalue weighted by atomic mass is 79.9. The number of halogens is 2. The summed E-state index contributed by atoms with van der Waals surface area (Å²) >= 11 is 7.05. The summed E-state index contributed by atoms with van der Waals surface area (Å²) in [7, 11) is -1.95. The van der Waals surface area contributed by atoms with E-state index < -0.39 is 14.1 Å². The predicted octanol–water partition coefficient (Wildman–Crippen LogP) is 7.89. The normalized spacial score (nSPS) is 24.1. The van der Waals surface area contributed by atoms with Crippen LogP contribution >= 0.6 is 31.9 Å². The first kappa shape index (κ1) is 25.8. The summed E-state index contributed by atoms with van der Waals surface area (Å²) in [5, 5.41) is 0.141. The molecule has 0 amide bonds. The van der Waals surface area contributed by atoms with Gasteiger partial charge >= 0.3 is 0 Å². The number of hydrogen-bond donors (Lipinski definition) is 0. The lowest BCUT2D eigenvalue weighted by atomic mass is 10.0. The van der Waals surface area contributed by atoms with Crippen LogP contribution in [0.4, 0.5) is 0 Å². The quantitative estimate of drug-likeness (QED) is 0.213. The lowest BCUT2D eigenvalue weighted by Gasteiger charge is -2.40. The number of hydrogen-bond acceptors (Lipinski definition) is 3. The van der Waals surface area contributed by atoms with Crippen molar-refractivity contribution in [2.45, 2.75) is 122 Å². The van der Waals surface area contributed by atoms with Gasteiger partial charge in [-0.15, -0.1) is 0 Å². The molecule has 0 bridgehead atoms. The van der Waals surface area contributed by atoms with Crippen LogP contribution < -0.4 is 0 Å². The van der Waals surface area contributed by atoms with Crippen LogP contribution in [0.1, 0.15) is 80.1 Å². The van der Waals surface area contributed by atoms with Crippen molar-refractivity contribution in [1.29, 1.82) is 0 Å². The van der Waals surface area contributed by atoms with Crippen LogP contribution in [-0.4, -0.2) is 32.4 Å². The molecule has 1 rings (SSSR count). The molecule has 0 aliphatic carbocycles. The Morgan fingerprint density at radius 2 is 1.70 bits per heavy atom. The molecular formula is C21H40Br2O3Si. The Balaban J connectivity index is 2.94. The van der Waals surface area contributed by atoms with Gasteiger partial charge in [-0.1, -0.05) is 59.8 Å². The monoisotopic (exact) mass is 526 g/mol. The molecule has 6 heteroatoms. The second-order valence-electron chi connectivity index (χ2n) is 9.64. The molecule has 3 nitrogen and oxygen atoms in total. The molecule has 0 N–H and O–H groups in total. The van der Waals surface area contributed by atoms with Crippen LogP contribution in [0.3, 0.4) is 0 Å². The molecule has 0 aromatic carbocycles. The fourth-order valence-electron chi connectivity index (χ4n) is 3.15. The molecule has 1 aliphatic heterocycles. The minimum atomic E-state index is -1.95. The zero-order valence-corrected chi connectivity index (χ0v) is 22.7. The third kappa shape index (κ3) is 8.59. The molecule has 0 radical (unpaired) electrons. The zero-order valence-electron chi connectivity index (χ0n) is 18.5. The van der Waals surface area contributed by atoms with E-state index in [0.29, 0.717) is 0 Å². The smallest absolute Gasteiger partial charge is 0.193 e. The summed E-state index contributed by atoms with van der Waals surface area (Å²) in [4.78, 5) is 0. The third-order valence-corrected chi connectivity index (χ3v) is 10.7. The number of unbranched alkanes of at least 4 members (excludes halogenated alkanes) is 4. The second kappa shape index (κ2) is 10.7. The van der Waals surface area contributed by atoms with Gasteiger partial charge in [-0.2, -0.15) is 0 Å². The highest BCUT2D eigenvalue weighted by molar-refractivity contribution is 9.28. The van der Waals surface area contributed by atoms with Gasteiger partial charge in [0, 0.05) is 0 Å². The van der Waals surface area contributed by atoms with Crippen LogP contribution in [0.15, 0.2) is 9.47 Å². The fraction of sp³-hybridized carbons (Fsp3) is 0.905. The topological polar surface area (TPSA) is 27.7 Å². The van der Waals surface area contributed by atoms with Crippen molar-refractivity contribution in [3.63, 3.8) is 0 Å². The Morgan fingerprint density at radius 3 is 2.22 bits per heavy atom. The van der Waals surface area contributed by atoms with Gasteiger partial charge in [-0.05, 0) is 76.3 Å². The van der Waals surface area contributed by atoms with Gasteiger partial charge in [0.25, 0.3) is 0 Å². The molecule has 0 spiro atoms. The average molecular weight is 528 g/mol. The van der Waals surface area contributed by atoms with Crippen molar-refractivity contribution in [2.75, 3.05) is 0 Å². The van der Waals surface area contributed by atoms with E-state index >= 15 is 0 Å². The summed E-state index contributed by atoms with van der Waals surface area (Å²) in [6.45, 7) is 17.6. The maximum atomic E-state index is 6.76. The molecule has 1 fully saturated rings. The summed E-state index contributed by atoms with van der Waals surface area (Å²) in [5.41, 5.74) is 0. The Kier molecular flexibility index (Phi) is 10.3. The van der Waals surface area contributed by atoms with Gasteiger partial charge in [-0.3, -0.25) is 0 Å². The van der Waals surface area contributed by atoms with Crippen molar-refractivity contribution in [3.8, 4) is 0 Å². The van der Waals surface area contributed by atoms with E-state index in [9.17, 15) is 0 Å². The lowest BCUT2D eigenvalue weighted by Crippen LogP contribution is -2.48. The standard InChI is InChI=1S/C21H40Br2O3Si/c1-9-10-11-12-13-14-16-19(25-21(5,6)24-16)17(15-18(22)23)26-27(7,8)20(2,3)4/h15-17,19H,9-14H2,1-8H3/t16-,17+,19-/m0/s1. The highest BCUT2D eigenvalue weighted by Gasteiger charge is 2.48. The largest absolute Gasteiger partial charge is 0.408 e. The summed E-state index contributed by atoms with van der Waals surface area (Å²) in [6.07, 6.45) is 9.25. The van der Waals surface area contributed by atoms with Gasteiger partial charge in [0.15, 0.2) is 14.1 Å². The maximum Gasteiger partial charge on any atom is 0.193 e. The summed E-state index contributed by atoms with van der Waals surface area (Å²) < 4.78 is 20.3. The number of ether oxygens (including phenoxy) is 2. The summed E-state index contributed by atoms with van der Waals surface area (Å²) in [6, 6.07) is 0. The fourth-order valence-corrected chi connectivity index (χ4v) is 4.91. The molecule has 160 valence electrons. The zero-order chi connectivity index (χ0) is 20.9. The first-order valence-corrected chi connectivity index (χ1v) is 14.8. The molecule has 3 atom stereocenters. The third-order valence-electron chi connectivity index (χ3n) is 5.66. The van der Waals surface area contributed by atoms with Crippen LogP contribution in [0, 0.1) is 0 Å². The van der Waals surface area contributed by atoms with Crippen molar-refractivity contribution >= 4 is 40.2 Å². The molecule has 0 unspecified atom stereocenters. The van der Waals surface area contributed by atoms with E-state index in [-0.39, 0.29) is 23.4 Å². The molecule has 1 saturated heterocycles. The van der Waals surface area contributed by atoms with Crippen LogP contribution in [0.25, 0.3) is 0 Å². The Morgan fingerprint density at radius 1 is 1.11 bits per heavy atom. The molecule has 1 heterocycles. The van der Waals surface area contributed by atoms with Gasteiger partial charge in [0.05, 0.1) is 15.6 Å². The Labute approximate surface area is 185 Å². The van der Waals surface area contributed by atoms with Crippen molar-refractivity contribution < 1.29 is 13.9 Å². The SMILES string of the molecule is CCCCCCC[C@@H]1OC(C)(C)O[C@@H]1[C@@H](C=C(Br)Br)O[Si](C)(C)C(C)(C)C. The van der Waals surface area contributed by atoms with Crippen molar-refractivity contribution in [3.05, 3.63) is 9.47 Å². The minimum absolute atomic E-state index is 0.0620. The molecule has 0 aromatic heterocycles. The van der Waals surface area contributed by atoms with Crippen molar-refractivity contribution in [1.82, 2.24) is 0 Å². The molecule has 1 aliphatic rings. The van der Waals surface area contributed by atoms with Crippen molar-refractivity contribution in [2.24, 2.45) is 0 Å². The Bertz CT molecular complexity index is 482. The first-order chi connectivity index (χ1) is 12.3. The van der Waals surface area contributed by atoms with Gasteiger partial charge in [0.2, 0.25) is 0 Å². The van der Waals surface area contributed by atoms with E-state index in [2.05, 4.69) is 78.7 Å². The van der Waals surface area contributed by atoms with Gasteiger partial charge in [-0.25, -0.2) is 0 Å². The van der Waals surface area contributed by atoms with Crippen LogP contribution in [-0.2, 0) is 13.9 Å². The van der Waals surface area contributed by atoms with Crippen LogP contribution in [0.2, 0.25) is 18.1 Å². The minimum Gasteiger partial charge on any atom is -0.408 e. The van der Waals surface area contributed by atoms with E-state index in [4.69, 9.17) is 13.9 Å². The second-order valence-corrected chi connectivity index (χ2v) is 17.2. The average Bonchev–Trinajstić information content (AvgIpc) is 2.79. The van der Waals surface area contributed by atoms with E-state index in [1.54, 1.807) is 0 Å². The lowest BCUT2D eigenvalue weighted by molar-refractivity contribution is -0.152. The van der Waals surface area contributed by atoms with Crippen LogP contribution in [0.5, 0.6) is 0 Å². The molecule has 0 aromatic rings. The first-order valence-electron chi connectivity index (χ1n) is 10.4. The Hall–Kier alpha value is 0.797. The van der Waals surface area contributed by atoms with E-state index in [1.807, 2.05) is 13.8 Å². The van der Waals surface area contributed by atoms with Gasteiger partial charge < -0.3 is 13.9 Å². The molecular weight excluding hydrogens is 488 g/mol.